The molecule has 0 unspecified atom stereocenters. The number of nitrogens with one attached hydrogen (secondary N) is 1. The molecule has 2 heterocycles. The smallest absolute Gasteiger partial charge is 0.234 e. The van der Waals surface area contributed by atoms with E-state index in [2.05, 4.69) is 10.3 Å². The Hall–Kier alpha value is -2.53. The highest BCUT2D eigenvalue weighted by atomic mass is 32.2. The third-order valence-electron chi connectivity index (χ3n) is 3.19. The van der Waals surface area contributed by atoms with Crippen LogP contribution < -0.4 is 5.32 Å². The number of thioether (sulfide) groups is 1. The Morgan fingerprint density at radius 3 is 2.78 bits per heavy atom. The van der Waals surface area contributed by atoms with Crippen LogP contribution in [0.5, 0.6) is 0 Å². The lowest BCUT2D eigenvalue weighted by Crippen LogP contribution is -2.13. The molecule has 0 saturated carbocycles. The van der Waals surface area contributed by atoms with Crippen LogP contribution in [0.4, 0.5) is 5.69 Å². The zero-order chi connectivity index (χ0) is 16.1. The lowest BCUT2D eigenvalue weighted by molar-refractivity contribution is -0.113. The fraction of sp³-hybridized carbons (Fsp3) is 0.111. The average molecular weight is 324 g/mol. The monoisotopic (exact) mass is 324 g/mol. The van der Waals surface area contributed by atoms with Gasteiger partial charge in [-0.1, -0.05) is 23.9 Å². The number of nitrogens with zero attached hydrogens (tertiary/aromatic N) is 1. The first-order chi connectivity index (χ1) is 11.2. The number of anilines is 1. The summed E-state index contributed by atoms with van der Waals surface area (Å²) in [5, 5.41) is 3.60. The molecule has 0 bridgehead atoms. The van der Waals surface area contributed by atoms with E-state index in [0.29, 0.717) is 5.75 Å². The molecule has 0 aliphatic rings. The second-order valence-electron chi connectivity index (χ2n) is 5.06. The molecule has 4 nitrogen and oxygen atoms in total. The van der Waals surface area contributed by atoms with E-state index in [1.165, 1.54) is 11.8 Å². The minimum absolute atomic E-state index is 0.0533. The Labute approximate surface area is 138 Å². The van der Waals surface area contributed by atoms with E-state index in [1.54, 1.807) is 12.4 Å². The van der Waals surface area contributed by atoms with Gasteiger partial charge in [0.15, 0.2) is 5.09 Å². The maximum absolute atomic E-state index is 12.0. The molecule has 0 spiro atoms. The highest BCUT2D eigenvalue weighted by Gasteiger charge is 2.08. The van der Waals surface area contributed by atoms with E-state index in [9.17, 15) is 4.79 Å². The van der Waals surface area contributed by atoms with Gasteiger partial charge in [-0.05, 0) is 48.9 Å². The number of carbonyl (C=O) groups excluding carboxylic acids is 1. The summed E-state index contributed by atoms with van der Waals surface area (Å²) in [6.07, 6.45) is 3.44. The Morgan fingerprint density at radius 2 is 2.00 bits per heavy atom. The first-order valence-electron chi connectivity index (χ1n) is 7.20. The van der Waals surface area contributed by atoms with Gasteiger partial charge < -0.3 is 9.73 Å². The molecule has 0 atom stereocenters. The minimum Gasteiger partial charge on any atom is -0.450 e. The van der Waals surface area contributed by atoms with Crippen LogP contribution in [0.3, 0.4) is 0 Å². The Morgan fingerprint density at radius 1 is 1.17 bits per heavy atom. The van der Waals surface area contributed by atoms with Crippen LogP contribution in [0.1, 0.15) is 5.56 Å². The van der Waals surface area contributed by atoms with Crippen molar-refractivity contribution in [3.8, 4) is 11.3 Å². The van der Waals surface area contributed by atoms with Crippen molar-refractivity contribution in [1.29, 1.82) is 0 Å². The van der Waals surface area contributed by atoms with Gasteiger partial charge in [-0.25, -0.2) is 0 Å². The van der Waals surface area contributed by atoms with Crippen LogP contribution in [-0.4, -0.2) is 16.6 Å². The van der Waals surface area contributed by atoms with E-state index < -0.39 is 0 Å². The SMILES string of the molecule is Cc1cccc(NC(=O)CSc2ccc(-c3ccncc3)o2)c1. The second-order valence-corrected chi connectivity index (χ2v) is 6.04. The average Bonchev–Trinajstić information content (AvgIpc) is 3.03. The number of carbonyl (C=O) groups is 1. The number of benzene rings is 1. The molecule has 1 amide bonds. The molecule has 0 radical (unpaired) electrons. The summed E-state index contributed by atoms with van der Waals surface area (Å²) in [4.78, 5) is 16.0. The lowest BCUT2D eigenvalue weighted by atomic mass is 10.2. The molecule has 0 aliphatic heterocycles. The third-order valence-corrected chi connectivity index (χ3v) is 4.10. The third kappa shape index (κ3) is 4.23. The largest absolute Gasteiger partial charge is 0.450 e. The number of amides is 1. The minimum atomic E-state index is -0.0533. The molecule has 0 aliphatic carbocycles. The van der Waals surface area contributed by atoms with Crippen molar-refractivity contribution in [1.82, 2.24) is 4.98 Å². The first-order valence-corrected chi connectivity index (χ1v) is 8.19. The Balaban J connectivity index is 1.56. The summed E-state index contributed by atoms with van der Waals surface area (Å²) >= 11 is 1.37. The van der Waals surface area contributed by atoms with E-state index >= 15 is 0 Å². The molecule has 23 heavy (non-hydrogen) atoms. The van der Waals surface area contributed by atoms with Crippen molar-refractivity contribution in [3.05, 3.63) is 66.5 Å². The molecule has 0 saturated heterocycles. The van der Waals surface area contributed by atoms with Crippen LogP contribution in [-0.2, 0) is 4.79 Å². The van der Waals surface area contributed by atoms with Gasteiger partial charge in [0.1, 0.15) is 5.76 Å². The highest BCUT2D eigenvalue weighted by molar-refractivity contribution is 7.99. The zero-order valence-electron chi connectivity index (χ0n) is 12.7. The topological polar surface area (TPSA) is 55.1 Å². The van der Waals surface area contributed by atoms with Crippen LogP contribution in [0, 0.1) is 6.92 Å². The van der Waals surface area contributed by atoms with Gasteiger partial charge in [-0.3, -0.25) is 9.78 Å². The van der Waals surface area contributed by atoms with Gasteiger partial charge in [0, 0.05) is 23.6 Å². The number of hydrogen-bond donors (Lipinski definition) is 1. The van der Waals surface area contributed by atoms with Gasteiger partial charge in [0.25, 0.3) is 0 Å². The van der Waals surface area contributed by atoms with E-state index in [-0.39, 0.29) is 5.91 Å². The summed E-state index contributed by atoms with van der Waals surface area (Å²) in [7, 11) is 0. The molecule has 1 N–H and O–H groups in total. The standard InChI is InChI=1S/C18H16N2O2S/c1-13-3-2-4-15(11-13)20-17(21)12-23-18-6-5-16(22-18)14-7-9-19-10-8-14/h2-11H,12H2,1H3,(H,20,21). The van der Waals surface area contributed by atoms with Gasteiger partial charge in [-0.2, -0.15) is 0 Å². The summed E-state index contributed by atoms with van der Waals surface area (Å²) in [6, 6.07) is 15.3. The quantitative estimate of drug-likeness (QED) is 0.708. The first kappa shape index (κ1) is 15.4. The highest BCUT2D eigenvalue weighted by Crippen LogP contribution is 2.27. The van der Waals surface area contributed by atoms with Crippen molar-refractivity contribution in [2.75, 3.05) is 11.1 Å². The zero-order valence-corrected chi connectivity index (χ0v) is 13.5. The summed E-state index contributed by atoms with van der Waals surface area (Å²) in [5.41, 5.74) is 2.90. The predicted molar refractivity (Wildman–Crippen MR) is 92.5 cm³/mol. The molecule has 5 heteroatoms. The Kier molecular flexibility index (Phi) is 4.78. The Bertz CT molecular complexity index is 800. The molecule has 116 valence electrons. The molecule has 1 aromatic carbocycles. The maximum Gasteiger partial charge on any atom is 0.234 e. The maximum atomic E-state index is 12.0. The molecular formula is C18H16N2O2S. The number of aryl methyl sites for hydroxylation is 1. The van der Waals surface area contributed by atoms with Crippen LogP contribution in [0.2, 0.25) is 0 Å². The predicted octanol–water partition coefficient (Wildman–Crippen LogP) is 4.38. The molecule has 0 fully saturated rings. The fourth-order valence-electron chi connectivity index (χ4n) is 2.13. The van der Waals surface area contributed by atoms with E-state index in [0.717, 1.165) is 27.7 Å². The van der Waals surface area contributed by atoms with Crippen LogP contribution in [0.15, 0.2) is 70.4 Å². The number of pyridine rings is 1. The normalized spacial score (nSPS) is 10.5. The second kappa shape index (κ2) is 7.15. The summed E-state index contributed by atoms with van der Waals surface area (Å²) in [6.45, 7) is 1.99. The van der Waals surface area contributed by atoms with Crippen molar-refractivity contribution in [3.63, 3.8) is 0 Å². The molecule has 3 rings (SSSR count). The van der Waals surface area contributed by atoms with Crippen molar-refractivity contribution < 1.29 is 9.21 Å². The molecular weight excluding hydrogens is 308 g/mol. The molecule has 2 aromatic heterocycles. The van der Waals surface area contributed by atoms with Crippen molar-refractivity contribution in [2.45, 2.75) is 12.0 Å². The van der Waals surface area contributed by atoms with E-state index in [4.69, 9.17) is 4.42 Å². The molecule has 3 aromatic rings. The van der Waals surface area contributed by atoms with E-state index in [1.807, 2.05) is 55.5 Å². The lowest BCUT2D eigenvalue weighted by Gasteiger charge is -2.05. The van der Waals surface area contributed by atoms with Crippen LogP contribution >= 0.6 is 11.8 Å². The van der Waals surface area contributed by atoms with Gasteiger partial charge in [0.05, 0.1) is 5.75 Å². The summed E-state index contributed by atoms with van der Waals surface area (Å²) < 4.78 is 5.74. The fourth-order valence-corrected chi connectivity index (χ4v) is 2.78. The van der Waals surface area contributed by atoms with Gasteiger partial charge in [0.2, 0.25) is 5.91 Å². The summed E-state index contributed by atoms with van der Waals surface area (Å²) in [5.74, 6) is 1.02. The number of hydrogen-bond acceptors (Lipinski definition) is 4. The number of aromatic nitrogens is 1. The van der Waals surface area contributed by atoms with Gasteiger partial charge >= 0.3 is 0 Å². The van der Waals surface area contributed by atoms with Gasteiger partial charge in [-0.15, -0.1) is 0 Å². The van der Waals surface area contributed by atoms with Crippen LogP contribution in [0.25, 0.3) is 11.3 Å². The van der Waals surface area contributed by atoms with Crippen molar-refractivity contribution in [2.24, 2.45) is 0 Å². The number of furan rings is 1. The number of rotatable bonds is 5. The van der Waals surface area contributed by atoms with Crippen molar-refractivity contribution >= 4 is 23.4 Å².